The molecule has 0 aromatic rings. The molecule has 0 saturated heterocycles. The summed E-state index contributed by atoms with van der Waals surface area (Å²) in [7, 11) is 1.69. The van der Waals surface area contributed by atoms with Gasteiger partial charge in [0.25, 0.3) is 0 Å². The van der Waals surface area contributed by atoms with E-state index in [1.54, 1.807) is 7.11 Å². The Labute approximate surface area is 61.6 Å². The Morgan fingerprint density at radius 2 is 2.40 bits per heavy atom. The zero-order chi connectivity index (χ0) is 7.61. The average molecular weight is 142 g/mol. The number of Topliss-reactive ketones (excluding diaryl/α,β-unsaturated/α-hetero) is 1. The SMILES string of the molecule is COCC1(C)CCC(=O)C1. The van der Waals surface area contributed by atoms with Crippen molar-refractivity contribution in [3.05, 3.63) is 0 Å². The molecule has 1 aliphatic carbocycles. The third-order valence-corrected chi connectivity index (χ3v) is 2.12. The van der Waals surface area contributed by atoms with E-state index >= 15 is 0 Å². The lowest BCUT2D eigenvalue weighted by molar-refractivity contribution is -0.118. The van der Waals surface area contributed by atoms with Gasteiger partial charge in [-0.3, -0.25) is 4.79 Å². The largest absolute Gasteiger partial charge is 0.384 e. The van der Waals surface area contributed by atoms with E-state index in [4.69, 9.17) is 4.74 Å². The van der Waals surface area contributed by atoms with Crippen LogP contribution in [0.25, 0.3) is 0 Å². The number of carbonyl (C=O) groups excluding carboxylic acids is 1. The molecule has 1 fully saturated rings. The van der Waals surface area contributed by atoms with Crippen molar-refractivity contribution in [2.24, 2.45) is 5.41 Å². The van der Waals surface area contributed by atoms with Crippen LogP contribution < -0.4 is 0 Å². The number of hydrogen-bond donors (Lipinski definition) is 0. The molecule has 0 aromatic heterocycles. The molecule has 1 atom stereocenters. The Kier molecular flexibility index (Phi) is 2.09. The van der Waals surface area contributed by atoms with E-state index < -0.39 is 0 Å². The van der Waals surface area contributed by atoms with Crippen LogP contribution in [-0.2, 0) is 9.53 Å². The smallest absolute Gasteiger partial charge is 0.133 e. The summed E-state index contributed by atoms with van der Waals surface area (Å²) in [4.78, 5) is 10.9. The maximum Gasteiger partial charge on any atom is 0.133 e. The second-order valence-corrected chi connectivity index (χ2v) is 3.46. The number of ether oxygens (including phenoxy) is 1. The van der Waals surface area contributed by atoms with Crippen molar-refractivity contribution in [2.75, 3.05) is 13.7 Å². The van der Waals surface area contributed by atoms with Crippen LogP contribution in [0.4, 0.5) is 0 Å². The van der Waals surface area contributed by atoms with Crippen molar-refractivity contribution in [3.63, 3.8) is 0 Å². The second-order valence-electron chi connectivity index (χ2n) is 3.46. The monoisotopic (exact) mass is 142 g/mol. The van der Waals surface area contributed by atoms with Gasteiger partial charge in [0.05, 0.1) is 6.61 Å². The minimum absolute atomic E-state index is 0.145. The minimum atomic E-state index is 0.145. The predicted molar refractivity (Wildman–Crippen MR) is 38.8 cm³/mol. The first-order valence-corrected chi connectivity index (χ1v) is 3.67. The number of rotatable bonds is 2. The molecule has 1 rings (SSSR count). The molecule has 1 unspecified atom stereocenters. The molecule has 0 N–H and O–H groups in total. The fraction of sp³-hybridized carbons (Fsp3) is 0.875. The molecule has 0 bridgehead atoms. The Morgan fingerprint density at radius 1 is 1.70 bits per heavy atom. The van der Waals surface area contributed by atoms with E-state index in [2.05, 4.69) is 6.92 Å². The average Bonchev–Trinajstić information content (AvgIpc) is 2.12. The van der Waals surface area contributed by atoms with Crippen molar-refractivity contribution < 1.29 is 9.53 Å². The molecule has 0 aliphatic heterocycles. The maximum absolute atomic E-state index is 10.9. The normalized spacial score (nSPS) is 33.2. The highest BCUT2D eigenvalue weighted by atomic mass is 16.5. The molecule has 0 heterocycles. The molecule has 1 aliphatic rings. The van der Waals surface area contributed by atoms with Gasteiger partial charge in [-0.1, -0.05) is 6.92 Å². The van der Waals surface area contributed by atoms with E-state index in [0.29, 0.717) is 12.2 Å². The summed E-state index contributed by atoms with van der Waals surface area (Å²) in [6, 6.07) is 0. The summed E-state index contributed by atoms with van der Waals surface area (Å²) >= 11 is 0. The Balaban J connectivity index is 2.46. The molecule has 58 valence electrons. The van der Waals surface area contributed by atoms with Crippen molar-refractivity contribution in [1.82, 2.24) is 0 Å². The molecule has 2 heteroatoms. The van der Waals surface area contributed by atoms with Gasteiger partial charge < -0.3 is 4.74 Å². The number of methoxy groups -OCH3 is 1. The van der Waals surface area contributed by atoms with Crippen LogP contribution in [0.5, 0.6) is 0 Å². The van der Waals surface area contributed by atoms with Crippen LogP contribution in [0.1, 0.15) is 26.2 Å². The highest BCUT2D eigenvalue weighted by molar-refractivity contribution is 5.81. The third-order valence-electron chi connectivity index (χ3n) is 2.12. The first-order chi connectivity index (χ1) is 4.66. The van der Waals surface area contributed by atoms with Crippen molar-refractivity contribution >= 4 is 5.78 Å². The molecule has 0 amide bonds. The summed E-state index contributed by atoms with van der Waals surface area (Å²) in [6.07, 6.45) is 2.46. The molecule has 10 heavy (non-hydrogen) atoms. The van der Waals surface area contributed by atoms with E-state index in [-0.39, 0.29) is 5.41 Å². The lowest BCUT2D eigenvalue weighted by atomic mass is 9.90. The van der Waals surface area contributed by atoms with Crippen LogP contribution in [-0.4, -0.2) is 19.5 Å². The zero-order valence-electron chi connectivity index (χ0n) is 6.64. The van der Waals surface area contributed by atoms with E-state index in [1.807, 2.05) is 0 Å². The van der Waals surface area contributed by atoms with Crippen LogP contribution in [0.2, 0.25) is 0 Å². The third kappa shape index (κ3) is 1.57. The first-order valence-electron chi connectivity index (χ1n) is 3.67. The fourth-order valence-electron chi connectivity index (χ4n) is 1.57. The Bertz CT molecular complexity index is 142. The van der Waals surface area contributed by atoms with Gasteiger partial charge in [0.1, 0.15) is 5.78 Å². The molecule has 2 nitrogen and oxygen atoms in total. The minimum Gasteiger partial charge on any atom is -0.384 e. The van der Waals surface area contributed by atoms with Gasteiger partial charge in [0, 0.05) is 20.0 Å². The lowest BCUT2D eigenvalue weighted by Crippen LogP contribution is -2.18. The zero-order valence-corrected chi connectivity index (χ0v) is 6.64. The summed E-state index contributed by atoms with van der Waals surface area (Å²) < 4.78 is 5.02. The summed E-state index contributed by atoms with van der Waals surface area (Å²) in [5.74, 6) is 0.388. The molecule has 0 radical (unpaired) electrons. The van der Waals surface area contributed by atoms with Gasteiger partial charge in [-0.2, -0.15) is 0 Å². The highest BCUT2D eigenvalue weighted by Gasteiger charge is 2.33. The topological polar surface area (TPSA) is 26.3 Å². The predicted octanol–water partition coefficient (Wildman–Crippen LogP) is 1.39. The first kappa shape index (κ1) is 7.73. The molecule has 0 spiro atoms. The Morgan fingerprint density at radius 3 is 2.80 bits per heavy atom. The van der Waals surface area contributed by atoms with Crippen LogP contribution in [0.15, 0.2) is 0 Å². The lowest BCUT2D eigenvalue weighted by Gasteiger charge is -2.20. The van der Waals surface area contributed by atoms with Gasteiger partial charge in [-0.05, 0) is 11.8 Å². The van der Waals surface area contributed by atoms with Crippen molar-refractivity contribution in [2.45, 2.75) is 26.2 Å². The van der Waals surface area contributed by atoms with Crippen LogP contribution >= 0.6 is 0 Å². The van der Waals surface area contributed by atoms with Gasteiger partial charge in [0.2, 0.25) is 0 Å². The summed E-state index contributed by atoms with van der Waals surface area (Å²) in [6.45, 7) is 2.83. The van der Waals surface area contributed by atoms with Gasteiger partial charge in [0.15, 0.2) is 0 Å². The van der Waals surface area contributed by atoms with E-state index in [9.17, 15) is 4.79 Å². The maximum atomic E-state index is 10.9. The fourth-order valence-corrected chi connectivity index (χ4v) is 1.57. The molecule has 0 aromatic carbocycles. The Hall–Kier alpha value is -0.370. The van der Waals surface area contributed by atoms with Gasteiger partial charge in [-0.25, -0.2) is 0 Å². The molecular formula is C8H14O2. The second kappa shape index (κ2) is 2.70. The van der Waals surface area contributed by atoms with Crippen LogP contribution in [0, 0.1) is 5.41 Å². The molecule has 1 saturated carbocycles. The summed E-state index contributed by atoms with van der Waals surface area (Å²) in [5, 5.41) is 0. The van der Waals surface area contributed by atoms with Gasteiger partial charge >= 0.3 is 0 Å². The highest BCUT2D eigenvalue weighted by Crippen LogP contribution is 2.35. The quantitative estimate of drug-likeness (QED) is 0.582. The molecular weight excluding hydrogens is 128 g/mol. The number of carbonyl (C=O) groups is 1. The van der Waals surface area contributed by atoms with Gasteiger partial charge in [-0.15, -0.1) is 0 Å². The van der Waals surface area contributed by atoms with Crippen molar-refractivity contribution in [3.8, 4) is 0 Å². The number of hydrogen-bond acceptors (Lipinski definition) is 2. The van der Waals surface area contributed by atoms with E-state index in [0.717, 1.165) is 19.4 Å². The van der Waals surface area contributed by atoms with E-state index in [1.165, 1.54) is 0 Å². The van der Waals surface area contributed by atoms with Crippen molar-refractivity contribution in [1.29, 1.82) is 0 Å². The number of ketones is 1. The summed E-state index contributed by atoms with van der Waals surface area (Å²) in [5.41, 5.74) is 0.145. The standard InChI is InChI=1S/C8H14O2/c1-8(6-10-2)4-3-7(9)5-8/h3-6H2,1-2H3. The van der Waals surface area contributed by atoms with Crippen LogP contribution in [0.3, 0.4) is 0 Å².